The number of esters is 6. The predicted molar refractivity (Wildman–Crippen MR) is 502 cm³/mol. The van der Waals surface area contributed by atoms with Crippen LogP contribution in [-0.2, 0) is 108 Å². The number of cyclic esters (lactones) is 6. The summed E-state index contributed by atoms with van der Waals surface area (Å²) in [5.74, 6) is 1.83. The first kappa shape index (κ1) is 98.0. The van der Waals surface area contributed by atoms with Crippen molar-refractivity contribution in [1.82, 2.24) is 0 Å². The molecule has 1 N–H and O–H groups in total. The molecule has 23 heteroatoms. The molecule has 0 saturated heterocycles. The summed E-state index contributed by atoms with van der Waals surface area (Å²) in [6, 6.07) is 58.1. The summed E-state index contributed by atoms with van der Waals surface area (Å²) in [6.45, 7) is 4.10. The molecule has 6 heterocycles. The van der Waals surface area contributed by atoms with Crippen LogP contribution >= 0.6 is 15.9 Å². The number of aryl methyl sites for hydroxylation is 4. The third-order valence-corrected chi connectivity index (χ3v) is 21.4. The van der Waals surface area contributed by atoms with Gasteiger partial charge in [-0.3, -0.25) is 9.59 Å². The zero-order chi connectivity index (χ0) is 92.7. The number of ketones is 2. The Labute approximate surface area is 765 Å². The molecular formula is C107H106BrFO21. The second kappa shape index (κ2) is 51.0. The van der Waals surface area contributed by atoms with Crippen molar-refractivity contribution < 1.29 is 105 Å². The Morgan fingerprint density at radius 2 is 0.608 bits per heavy atom. The van der Waals surface area contributed by atoms with Gasteiger partial charge in [-0.15, -0.1) is 0 Å². The summed E-state index contributed by atoms with van der Waals surface area (Å²) in [5, 5.41) is 11.6. The van der Waals surface area contributed by atoms with Crippen LogP contribution in [0.1, 0.15) is 125 Å². The summed E-state index contributed by atoms with van der Waals surface area (Å²) in [4.78, 5) is 90.5. The maximum atomic E-state index is 12.7. The molecule has 674 valence electrons. The van der Waals surface area contributed by atoms with Crippen molar-refractivity contribution in [2.75, 3.05) is 42.7 Å². The highest BCUT2D eigenvalue weighted by Gasteiger charge is 2.27. The van der Waals surface area contributed by atoms with Crippen LogP contribution in [0.2, 0.25) is 0 Å². The zero-order valence-corrected chi connectivity index (χ0v) is 75.3. The number of aromatic hydroxyl groups is 1. The Morgan fingerprint density at radius 3 is 0.962 bits per heavy atom. The number of rotatable bonds is 20. The molecule has 0 spiro atoms. The molecule has 8 aliphatic rings. The molecule has 8 aromatic rings. The fourth-order valence-electron chi connectivity index (χ4n) is 14.0. The number of allylic oxidation sites excluding steroid dienone is 1. The molecule has 6 unspecified atom stereocenters. The summed E-state index contributed by atoms with van der Waals surface area (Å²) in [5.41, 5.74) is 12.7. The number of phenols is 1. The van der Waals surface area contributed by atoms with Crippen molar-refractivity contribution in [2.45, 2.75) is 128 Å². The standard InChI is InChI=1S/C18H16O3.C17H18O2.2C15H16O3.C14H13BrO3.C14H13FO3.C14H14O4/c1-20-17-11-16(21-18(19)12-17)9-7-13-6-8-14-4-2-3-5-15(14)10-13;18-16-9-13(10-17(19)11-16)5-4-12-6-7-14-2-1-3-15(14)8-12;2*1-11-3-5-12(6-4-11)7-8-13-9-14(17-2)10-15(16)18-13;3*1-17-13-8-12(18-14(16)9-13)7-4-10-2-5-11(15)6-3-10/h2-10,12,16H,11H2,1H3;4-8,13H,1-3,9-11H2;2*3-8,10,13H,9H2,1-2H3;2*2-7,9,12H,8H2,1H3;2-7,9,12,15H,8H2,1H3/b9-7+;5-4+;2*8-7+;3*7-4+. The maximum absolute atomic E-state index is 12.7. The largest absolute Gasteiger partial charge is 0.508 e. The van der Waals surface area contributed by atoms with Gasteiger partial charge in [-0.25, -0.2) is 33.2 Å². The molecular weight excluding hydrogens is 1720 g/mol. The lowest BCUT2D eigenvalue weighted by Crippen LogP contribution is -2.21. The van der Waals surface area contributed by atoms with Gasteiger partial charge in [-0.2, -0.15) is 0 Å². The number of hydrogen-bond acceptors (Lipinski definition) is 21. The van der Waals surface area contributed by atoms with E-state index < -0.39 is 11.9 Å². The third kappa shape index (κ3) is 34.2. The van der Waals surface area contributed by atoms with Crippen molar-refractivity contribution >= 4 is 117 Å². The third-order valence-electron chi connectivity index (χ3n) is 20.9. The molecule has 0 bridgehead atoms. The van der Waals surface area contributed by atoms with Crippen LogP contribution in [0.25, 0.3) is 53.3 Å². The highest BCUT2D eigenvalue weighted by molar-refractivity contribution is 9.10. The lowest BCUT2D eigenvalue weighted by molar-refractivity contribution is -0.143. The zero-order valence-electron chi connectivity index (χ0n) is 73.8. The SMILES string of the molecule is COC1=CC(=O)OC(/C=C/c2ccc(Br)cc2)C1.COC1=CC(=O)OC(/C=C/c2ccc(C)cc2)C1.COC1=CC(=O)OC(/C=C/c2ccc(C)cc2)C1.COC1=CC(=O)OC(/C=C/c2ccc(F)cc2)C1.COC1=CC(=O)OC(/C=C/c2ccc(O)cc2)C1.COC1=CC(=O)OC(/C=C/c2ccc3ccccc3c2)C1.O=C1CC(=O)CC(/C=C/c2ccc3c(c2)CCC3)C1. The fourth-order valence-corrected chi connectivity index (χ4v) is 14.3. The minimum Gasteiger partial charge on any atom is -0.508 e. The number of ether oxygens (including phenoxy) is 12. The Hall–Kier alpha value is -14.2. The van der Waals surface area contributed by atoms with Crippen LogP contribution in [0.3, 0.4) is 0 Å². The molecule has 130 heavy (non-hydrogen) atoms. The Balaban J connectivity index is 0.000000158. The average molecular weight is 1830 g/mol. The van der Waals surface area contributed by atoms with Crippen molar-refractivity contribution in [3.8, 4) is 5.75 Å². The van der Waals surface area contributed by atoms with Crippen molar-refractivity contribution in [3.05, 3.63) is 367 Å². The minimum atomic E-state index is -0.410. The van der Waals surface area contributed by atoms with Gasteiger partial charge < -0.3 is 61.9 Å². The molecule has 0 aromatic heterocycles. The van der Waals surface area contributed by atoms with E-state index in [0.29, 0.717) is 85.9 Å². The quantitative estimate of drug-likeness (QED) is 0.0422. The van der Waals surface area contributed by atoms with Gasteiger partial charge in [0, 0.05) is 55.8 Å². The first-order chi connectivity index (χ1) is 62.8. The van der Waals surface area contributed by atoms with Gasteiger partial charge >= 0.3 is 35.8 Å². The molecule has 21 nitrogen and oxygen atoms in total. The summed E-state index contributed by atoms with van der Waals surface area (Å²) in [6.07, 6.45) is 41.4. The maximum Gasteiger partial charge on any atom is 0.334 e. The number of methoxy groups -OCH3 is 6. The van der Waals surface area contributed by atoms with E-state index in [9.17, 15) is 42.7 Å². The number of hydrogen-bond donors (Lipinski definition) is 1. The van der Waals surface area contributed by atoms with Crippen molar-refractivity contribution in [3.63, 3.8) is 0 Å². The van der Waals surface area contributed by atoms with Crippen LogP contribution in [0.15, 0.2) is 300 Å². The molecule has 6 atom stereocenters. The first-order valence-corrected chi connectivity index (χ1v) is 43.2. The lowest BCUT2D eigenvalue weighted by Gasteiger charge is -2.19. The first-order valence-electron chi connectivity index (χ1n) is 42.4. The van der Waals surface area contributed by atoms with Gasteiger partial charge in [0.1, 0.15) is 94.3 Å². The highest BCUT2D eigenvalue weighted by Crippen LogP contribution is 2.29. The van der Waals surface area contributed by atoms with E-state index in [2.05, 4.69) is 70.5 Å². The van der Waals surface area contributed by atoms with Crippen LogP contribution in [0, 0.1) is 25.6 Å². The fraction of sp³-hybridized carbons (Fsp3) is 0.252. The molecule has 1 fully saturated rings. The van der Waals surface area contributed by atoms with Gasteiger partial charge in [0.25, 0.3) is 0 Å². The van der Waals surface area contributed by atoms with Crippen LogP contribution in [0.5, 0.6) is 5.75 Å². The van der Waals surface area contributed by atoms with E-state index in [4.69, 9.17) is 61.9 Å². The number of Topliss-reactive ketones (excluding diaryl/α,β-unsaturated/α-hetero) is 2. The topological polar surface area (TPSA) is 268 Å². The van der Waals surface area contributed by atoms with E-state index >= 15 is 0 Å². The van der Waals surface area contributed by atoms with Crippen LogP contribution in [0.4, 0.5) is 4.39 Å². The molecule has 6 aliphatic heterocycles. The smallest absolute Gasteiger partial charge is 0.334 e. The van der Waals surface area contributed by atoms with Gasteiger partial charge in [0.05, 0.1) is 85.5 Å². The van der Waals surface area contributed by atoms with E-state index in [-0.39, 0.29) is 96.0 Å². The molecule has 0 radical (unpaired) electrons. The predicted octanol–water partition coefficient (Wildman–Crippen LogP) is 20.8. The second-order valence-corrected chi connectivity index (χ2v) is 31.8. The number of halogens is 2. The number of benzene rings is 8. The Bertz CT molecular complexity index is 5110. The summed E-state index contributed by atoms with van der Waals surface area (Å²) in [7, 11) is 9.29. The minimum absolute atomic E-state index is 0.0832. The average Bonchev–Trinajstić information content (AvgIpc) is 1.65. The highest BCUT2D eigenvalue weighted by atomic mass is 79.9. The van der Waals surface area contributed by atoms with Gasteiger partial charge in [0.15, 0.2) is 0 Å². The summed E-state index contributed by atoms with van der Waals surface area (Å²) < 4.78 is 75.2. The van der Waals surface area contributed by atoms with E-state index in [0.717, 1.165) is 37.9 Å². The van der Waals surface area contributed by atoms with Crippen LogP contribution in [-0.4, -0.2) is 132 Å². The molecule has 1 saturated carbocycles. The monoisotopic (exact) mass is 1820 g/mol. The Kier molecular flexibility index (Phi) is 38.4. The van der Waals surface area contributed by atoms with E-state index in [1.165, 1.54) is 121 Å². The van der Waals surface area contributed by atoms with Crippen molar-refractivity contribution in [2.24, 2.45) is 5.92 Å². The lowest BCUT2D eigenvalue weighted by atomic mass is 9.87. The van der Waals surface area contributed by atoms with E-state index in [1.807, 2.05) is 160 Å². The molecule has 16 rings (SSSR count). The van der Waals surface area contributed by atoms with Crippen molar-refractivity contribution in [1.29, 1.82) is 0 Å². The molecule has 2 aliphatic carbocycles. The number of carbonyl (C=O) groups excluding carboxylic acids is 8. The number of carbonyl (C=O) groups is 8. The number of phenolic OH excluding ortho intramolecular Hbond substituents is 1. The summed E-state index contributed by atoms with van der Waals surface area (Å²) >= 11 is 3.38. The van der Waals surface area contributed by atoms with Gasteiger partial charge in [0.2, 0.25) is 0 Å². The van der Waals surface area contributed by atoms with Gasteiger partial charge in [-0.05, 0) is 179 Å². The normalized spacial score (nSPS) is 19.5. The van der Waals surface area contributed by atoms with Crippen LogP contribution < -0.4 is 0 Å². The number of fused-ring (bicyclic) bond motifs is 2. The second-order valence-electron chi connectivity index (χ2n) is 30.9. The van der Waals surface area contributed by atoms with E-state index in [1.54, 1.807) is 83.1 Å². The molecule has 0 amide bonds. The Morgan fingerprint density at radius 1 is 0.323 bits per heavy atom. The van der Waals surface area contributed by atoms with Gasteiger partial charge in [-0.1, -0.05) is 215 Å². The molecule has 8 aromatic carbocycles.